The second kappa shape index (κ2) is 5.94. The van der Waals surface area contributed by atoms with Gasteiger partial charge in [0.2, 0.25) is 5.88 Å². The predicted molar refractivity (Wildman–Crippen MR) is 76.7 cm³/mol. The molecule has 0 radical (unpaired) electrons. The highest BCUT2D eigenvalue weighted by atomic mass is 35.5. The Hall–Kier alpha value is -2.74. The van der Waals surface area contributed by atoms with Gasteiger partial charge in [-0.05, 0) is 12.1 Å². The van der Waals surface area contributed by atoms with Crippen LogP contribution >= 0.6 is 11.6 Å². The molecule has 0 amide bonds. The molecule has 0 aliphatic carbocycles. The van der Waals surface area contributed by atoms with Crippen LogP contribution in [0.2, 0.25) is 5.15 Å². The molecule has 9 heteroatoms. The zero-order valence-electron chi connectivity index (χ0n) is 11.4. The van der Waals surface area contributed by atoms with Crippen molar-refractivity contribution in [2.75, 3.05) is 7.11 Å². The van der Waals surface area contributed by atoms with Gasteiger partial charge in [-0.2, -0.15) is 5.10 Å². The van der Waals surface area contributed by atoms with Crippen LogP contribution in [0, 0.1) is 0 Å². The number of methoxy groups -OCH3 is 1. The summed E-state index contributed by atoms with van der Waals surface area (Å²) < 4.78 is 11.7. The molecule has 0 saturated carbocycles. The summed E-state index contributed by atoms with van der Waals surface area (Å²) in [6.07, 6.45) is 4.34. The van der Waals surface area contributed by atoms with E-state index in [1.165, 1.54) is 30.5 Å². The largest absolute Gasteiger partial charge is 0.468 e. The van der Waals surface area contributed by atoms with E-state index in [1.807, 2.05) is 0 Å². The normalized spacial score (nSPS) is 10.6. The summed E-state index contributed by atoms with van der Waals surface area (Å²) in [4.78, 5) is 23.5. The Kier molecular flexibility index (Phi) is 3.84. The van der Waals surface area contributed by atoms with E-state index in [0.29, 0.717) is 27.8 Å². The summed E-state index contributed by atoms with van der Waals surface area (Å²) in [6, 6.07) is 3.28. The fourth-order valence-electron chi connectivity index (χ4n) is 1.79. The molecule has 0 aliphatic heterocycles. The first-order valence-electron chi connectivity index (χ1n) is 6.20. The van der Waals surface area contributed by atoms with Crippen LogP contribution in [0.3, 0.4) is 0 Å². The van der Waals surface area contributed by atoms with Crippen molar-refractivity contribution >= 4 is 28.6 Å². The van der Waals surface area contributed by atoms with Crippen molar-refractivity contribution < 1.29 is 14.3 Å². The molecule has 0 spiro atoms. The van der Waals surface area contributed by atoms with Crippen LogP contribution in [0.4, 0.5) is 0 Å². The zero-order valence-corrected chi connectivity index (χ0v) is 12.2. The molecule has 0 unspecified atom stereocenters. The van der Waals surface area contributed by atoms with Crippen molar-refractivity contribution in [3.63, 3.8) is 0 Å². The SMILES string of the molecule is COC(=O)Cn1ncc2c(Oc3ccc(Cl)nc3)ncnc21. The molecule has 0 saturated heterocycles. The number of hydrogen-bond donors (Lipinski definition) is 0. The second-order valence-corrected chi connectivity index (χ2v) is 4.60. The van der Waals surface area contributed by atoms with E-state index in [4.69, 9.17) is 16.3 Å². The molecule has 3 heterocycles. The van der Waals surface area contributed by atoms with Gasteiger partial charge in [0.1, 0.15) is 29.2 Å². The zero-order chi connectivity index (χ0) is 15.5. The summed E-state index contributed by atoms with van der Waals surface area (Å²) in [5.41, 5.74) is 0.470. The highest BCUT2D eigenvalue weighted by Gasteiger charge is 2.14. The Morgan fingerprint density at radius 3 is 2.86 bits per heavy atom. The molecule has 0 aromatic carbocycles. The lowest BCUT2D eigenvalue weighted by Crippen LogP contribution is -2.12. The van der Waals surface area contributed by atoms with Crippen LogP contribution in [-0.4, -0.2) is 37.8 Å². The molecule has 3 rings (SSSR count). The number of halogens is 1. The maximum absolute atomic E-state index is 11.4. The maximum atomic E-state index is 11.4. The molecule has 112 valence electrons. The van der Waals surface area contributed by atoms with Crippen molar-refractivity contribution in [2.24, 2.45) is 0 Å². The van der Waals surface area contributed by atoms with Crippen molar-refractivity contribution in [1.82, 2.24) is 24.7 Å². The minimum Gasteiger partial charge on any atom is -0.468 e. The molecule has 0 N–H and O–H groups in total. The monoisotopic (exact) mass is 319 g/mol. The first kappa shape index (κ1) is 14.2. The van der Waals surface area contributed by atoms with Crippen molar-refractivity contribution in [1.29, 1.82) is 0 Å². The van der Waals surface area contributed by atoms with Gasteiger partial charge in [0.05, 0.1) is 19.5 Å². The minimum atomic E-state index is -0.423. The van der Waals surface area contributed by atoms with Crippen LogP contribution in [0.1, 0.15) is 0 Å². The van der Waals surface area contributed by atoms with Crippen LogP contribution in [-0.2, 0) is 16.1 Å². The lowest BCUT2D eigenvalue weighted by Gasteiger charge is -2.05. The van der Waals surface area contributed by atoms with Crippen LogP contribution < -0.4 is 4.74 Å². The van der Waals surface area contributed by atoms with Crippen LogP contribution in [0.25, 0.3) is 11.0 Å². The van der Waals surface area contributed by atoms with Gasteiger partial charge in [0.15, 0.2) is 5.65 Å². The third-order valence-corrected chi connectivity index (χ3v) is 3.04. The number of carbonyl (C=O) groups is 1. The lowest BCUT2D eigenvalue weighted by molar-refractivity contribution is -0.141. The van der Waals surface area contributed by atoms with Gasteiger partial charge >= 0.3 is 5.97 Å². The Labute approximate surface area is 129 Å². The molecular formula is C13H10ClN5O3. The average Bonchev–Trinajstić information content (AvgIpc) is 2.93. The summed E-state index contributed by atoms with van der Waals surface area (Å²) in [7, 11) is 1.31. The minimum absolute atomic E-state index is 0.0427. The molecular weight excluding hydrogens is 310 g/mol. The Balaban J connectivity index is 1.93. The van der Waals surface area contributed by atoms with E-state index >= 15 is 0 Å². The number of hydrogen-bond acceptors (Lipinski definition) is 7. The lowest BCUT2D eigenvalue weighted by atomic mass is 10.4. The van der Waals surface area contributed by atoms with Gasteiger partial charge in [-0.25, -0.2) is 19.6 Å². The fraction of sp³-hybridized carbons (Fsp3) is 0.154. The summed E-state index contributed by atoms with van der Waals surface area (Å²) in [5, 5.41) is 5.03. The van der Waals surface area contributed by atoms with Gasteiger partial charge in [0, 0.05) is 0 Å². The Morgan fingerprint density at radius 2 is 2.14 bits per heavy atom. The molecule has 0 fully saturated rings. The smallest absolute Gasteiger partial charge is 0.327 e. The molecule has 0 aliphatic rings. The van der Waals surface area contributed by atoms with Crippen molar-refractivity contribution in [2.45, 2.75) is 6.54 Å². The molecule has 3 aromatic rings. The number of ether oxygens (including phenoxy) is 2. The van der Waals surface area contributed by atoms with Crippen molar-refractivity contribution in [3.05, 3.63) is 36.0 Å². The summed E-state index contributed by atoms with van der Waals surface area (Å²) in [5.74, 6) is 0.364. The van der Waals surface area contributed by atoms with Gasteiger partial charge in [-0.15, -0.1) is 0 Å². The summed E-state index contributed by atoms with van der Waals surface area (Å²) in [6.45, 7) is -0.0427. The second-order valence-electron chi connectivity index (χ2n) is 4.21. The first-order valence-corrected chi connectivity index (χ1v) is 6.58. The third kappa shape index (κ3) is 2.82. The van der Waals surface area contributed by atoms with E-state index in [9.17, 15) is 4.79 Å². The number of pyridine rings is 1. The number of rotatable bonds is 4. The highest BCUT2D eigenvalue weighted by molar-refractivity contribution is 6.29. The van der Waals surface area contributed by atoms with E-state index in [1.54, 1.807) is 12.1 Å². The standard InChI is InChI=1S/C13H10ClN5O3/c1-21-11(20)6-19-12-9(5-18-19)13(17-7-16-12)22-8-2-3-10(14)15-4-8/h2-5,7H,6H2,1H3. The maximum Gasteiger partial charge on any atom is 0.327 e. The number of nitrogens with zero attached hydrogens (tertiary/aromatic N) is 5. The quantitative estimate of drug-likeness (QED) is 0.535. The topological polar surface area (TPSA) is 92.0 Å². The Morgan fingerprint density at radius 1 is 1.27 bits per heavy atom. The van der Waals surface area contributed by atoms with Crippen LogP contribution in [0.15, 0.2) is 30.9 Å². The number of carbonyl (C=O) groups excluding carboxylic acids is 1. The van der Waals surface area contributed by atoms with E-state index < -0.39 is 5.97 Å². The number of aromatic nitrogens is 5. The highest BCUT2D eigenvalue weighted by Crippen LogP contribution is 2.26. The van der Waals surface area contributed by atoms with Crippen molar-refractivity contribution in [3.8, 4) is 11.6 Å². The summed E-state index contributed by atoms with van der Waals surface area (Å²) >= 11 is 5.73. The van der Waals surface area contributed by atoms with E-state index in [2.05, 4.69) is 24.8 Å². The van der Waals surface area contributed by atoms with Crippen LogP contribution in [0.5, 0.6) is 11.6 Å². The first-order chi connectivity index (χ1) is 10.7. The van der Waals surface area contributed by atoms with Gasteiger partial charge in [-0.3, -0.25) is 4.79 Å². The molecule has 22 heavy (non-hydrogen) atoms. The third-order valence-electron chi connectivity index (χ3n) is 2.82. The Bertz CT molecular complexity index is 818. The average molecular weight is 320 g/mol. The molecule has 0 bridgehead atoms. The van der Waals surface area contributed by atoms with E-state index in [0.717, 1.165) is 0 Å². The van der Waals surface area contributed by atoms with Gasteiger partial charge in [-0.1, -0.05) is 11.6 Å². The fourth-order valence-corrected chi connectivity index (χ4v) is 1.90. The number of fused-ring (bicyclic) bond motifs is 1. The number of esters is 1. The molecule has 8 nitrogen and oxygen atoms in total. The predicted octanol–water partition coefficient (Wildman–Crippen LogP) is 1.84. The molecule has 3 aromatic heterocycles. The van der Waals surface area contributed by atoms with Gasteiger partial charge < -0.3 is 9.47 Å². The molecule has 0 atom stereocenters. The van der Waals surface area contributed by atoms with E-state index in [-0.39, 0.29) is 6.54 Å². The van der Waals surface area contributed by atoms with Gasteiger partial charge in [0.25, 0.3) is 0 Å².